The Bertz CT molecular complexity index is 381. The van der Waals surface area contributed by atoms with Gasteiger partial charge in [0.2, 0.25) is 5.91 Å². The average Bonchev–Trinajstić information content (AvgIpc) is 2.15. The molecule has 6 heteroatoms. The van der Waals surface area contributed by atoms with Gasteiger partial charge in [-0.2, -0.15) is 0 Å². The number of carbonyl (C=O) groups is 2. The molecule has 3 N–H and O–H groups in total. The number of carboxylic acid groups (broad SMARTS) is 1. The summed E-state index contributed by atoms with van der Waals surface area (Å²) < 4.78 is 0.839. The van der Waals surface area contributed by atoms with Crippen molar-refractivity contribution in [2.75, 3.05) is 11.9 Å². The Morgan fingerprint density at radius 2 is 2.13 bits per heavy atom. The Hall–Kier alpha value is -1.56. The third kappa shape index (κ3) is 4.46. The largest absolute Gasteiger partial charge is 0.465 e. The fraction of sp³-hybridized carbons (Fsp3) is 0.111. The summed E-state index contributed by atoms with van der Waals surface area (Å²) in [5.74, 6) is -0.407. The van der Waals surface area contributed by atoms with Crippen molar-refractivity contribution in [2.45, 2.75) is 0 Å². The quantitative estimate of drug-likeness (QED) is 0.783. The Balaban J connectivity index is 2.48. The molecule has 0 aliphatic carbocycles. The van der Waals surface area contributed by atoms with Gasteiger partial charge < -0.3 is 15.7 Å². The Morgan fingerprint density at radius 3 is 2.73 bits per heavy atom. The molecule has 2 amide bonds. The van der Waals surface area contributed by atoms with Gasteiger partial charge in [-0.3, -0.25) is 4.79 Å². The fourth-order valence-corrected chi connectivity index (χ4v) is 1.33. The van der Waals surface area contributed by atoms with E-state index in [1.165, 1.54) is 0 Å². The molecular weight excluding hydrogens is 264 g/mol. The van der Waals surface area contributed by atoms with Gasteiger partial charge in [-0.25, -0.2) is 4.79 Å². The van der Waals surface area contributed by atoms with Gasteiger partial charge in [0.25, 0.3) is 0 Å². The number of carbonyl (C=O) groups excluding carboxylic acids is 1. The molecule has 1 aromatic carbocycles. The number of hydrogen-bond donors (Lipinski definition) is 3. The summed E-state index contributed by atoms with van der Waals surface area (Å²) >= 11 is 3.25. The lowest BCUT2D eigenvalue weighted by atomic mass is 10.3. The number of hydrogen-bond acceptors (Lipinski definition) is 2. The first kappa shape index (κ1) is 11.5. The summed E-state index contributed by atoms with van der Waals surface area (Å²) in [6, 6.07) is 7.03. The second kappa shape index (κ2) is 5.35. The maximum Gasteiger partial charge on any atom is 0.405 e. The Morgan fingerprint density at radius 1 is 1.40 bits per heavy atom. The van der Waals surface area contributed by atoms with Gasteiger partial charge in [0.1, 0.15) is 6.54 Å². The second-order valence-electron chi connectivity index (χ2n) is 2.72. The summed E-state index contributed by atoms with van der Waals surface area (Å²) in [5.41, 5.74) is 0.613. The minimum atomic E-state index is -1.22. The van der Waals surface area contributed by atoms with Crippen LogP contribution in [-0.4, -0.2) is 23.7 Å². The molecule has 0 aliphatic heterocycles. The molecule has 0 bridgehead atoms. The maximum atomic E-state index is 11.2. The van der Waals surface area contributed by atoms with Gasteiger partial charge in [-0.1, -0.05) is 22.0 Å². The molecule has 0 unspecified atom stereocenters. The molecule has 0 spiro atoms. The summed E-state index contributed by atoms with van der Waals surface area (Å²) in [7, 11) is 0. The van der Waals surface area contributed by atoms with Gasteiger partial charge in [-0.05, 0) is 18.2 Å². The van der Waals surface area contributed by atoms with E-state index in [2.05, 4.69) is 21.2 Å². The number of rotatable bonds is 3. The van der Waals surface area contributed by atoms with Crippen molar-refractivity contribution in [3.05, 3.63) is 28.7 Å². The van der Waals surface area contributed by atoms with E-state index in [0.29, 0.717) is 5.69 Å². The highest BCUT2D eigenvalue weighted by Crippen LogP contribution is 2.15. The van der Waals surface area contributed by atoms with Crippen molar-refractivity contribution in [1.29, 1.82) is 0 Å². The smallest absolute Gasteiger partial charge is 0.405 e. The summed E-state index contributed by atoms with van der Waals surface area (Å²) in [5, 5.41) is 12.8. The van der Waals surface area contributed by atoms with Crippen molar-refractivity contribution < 1.29 is 14.7 Å². The van der Waals surface area contributed by atoms with E-state index in [0.717, 1.165) is 4.47 Å². The van der Waals surface area contributed by atoms with E-state index >= 15 is 0 Å². The topological polar surface area (TPSA) is 78.4 Å². The van der Waals surface area contributed by atoms with Crippen LogP contribution in [0.3, 0.4) is 0 Å². The van der Waals surface area contributed by atoms with Gasteiger partial charge in [0.05, 0.1) is 0 Å². The molecule has 5 nitrogen and oxygen atoms in total. The summed E-state index contributed by atoms with van der Waals surface area (Å²) in [6.45, 7) is -0.262. The van der Waals surface area contributed by atoms with Crippen LogP contribution in [0.4, 0.5) is 10.5 Å². The summed E-state index contributed by atoms with van der Waals surface area (Å²) in [6.07, 6.45) is -1.22. The van der Waals surface area contributed by atoms with Crippen molar-refractivity contribution in [3.8, 4) is 0 Å². The fourth-order valence-electron chi connectivity index (χ4n) is 0.927. The van der Waals surface area contributed by atoms with E-state index in [4.69, 9.17) is 5.11 Å². The highest BCUT2D eigenvalue weighted by atomic mass is 79.9. The lowest BCUT2D eigenvalue weighted by Crippen LogP contribution is -2.31. The van der Waals surface area contributed by atoms with E-state index in [-0.39, 0.29) is 6.54 Å². The van der Waals surface area contributed by atoms with Crippen LogP contribution in [-0.2, 0) is 4.79 Å². The van der Waals surface area contributed by atoms with Crippen LogP contribution in [0.25, 0.3) is 0 Å². The van der Waals surface area contributed by atoms with Crippen molar-refractivity contribution in [3.63, 3.8) is 0 Å². The van der Waals surface area contributed by atoms with Crippen molar-refractivity contribution in [1.82, 2.24) is 5.32 Å². The number of halogens is 1. The van der Waals surface area contributed by atoms with Crippen LogP contribution in [0.1, 0.15) is 0 Å². The number of anilines is 1. The second-order valence-corrected chi connectivity index (χ2v) is 3.63. The molecule has 0 saturated carbocycles. The predicted molar refractivity (Wildman–Crippen MR) is 58.8 cm³/mol. The van der Waals surface area contributed by atoms with Crippen LogP contribution in [0.5, 0.6) is 0 Å². The normalized spacial score (nSPS) is 9.40. The Kier molecular flexibility index (Phi) is 4.11. The molecule has 0 aromatic heterocycles. The Labute approximate surface area is 94.6 Å². The van der Waals surface area contributed by atoms with Crippen LogP contribution in [0, 0.1) is 0 Å². The van der Waals surface area contributed by atoms with Crippen LogP contribution in [0.15, 0.2) is 28.7 Å². The highest BCUT2D eigenvalue weighted by molar-refractivity contribution is 9.10. The third-order valence-corrected chi connectivity index (χ3v) is 2.00. The monoisotopic (exact) mass is 272 g/mol. The standard InChI is InChI=1S/C9H9BrN2O3/c10-6-2-1-3-7(4-6)12-8(13)5-11-9(14)15/h1-4,11H,5H2,(H,12,13)(H,14,15). The first-order chi connectivity index (χ1) is 7.08. The zero-order chi connectivity index (χ0) is 11.3. The van der Waals surface area contributed by atoms with Gasteiger partial charge in [0.15, 0.2) is 0 Å². The highest BCUT2D eigenvalue weighted by Gasteiger charge is 2.03. The predicted octanol–water partition coefficient (Wildman–Crippen LogP) is 1.66. The molecular formula is C9H9BrN2O3. The first-order valence-corrected chi connectivity index (χ1v) is 4.89. The van der Waals surface area contributed by atoms with Gasteiger partial charge in [-0.15, -0.1) is 0 Å². The van der Waals surface area contributed by atoms with E-state index < -0.39 is 12.0 Å². The number of nitrogens with one attached hydrogen (secondary N) is 2. The number of benzene rings is 1. The molecule has 0 atom stereocenters. The van der Waals surface area contributed by atoms with Crippen molar-refractivity contribution >= 4 is 33.6 Å². The molecule has 0 saturated heterocycles. The number of amides is 2. The minimum absolute atomic E-state index is 0.262. The molecule has 0 aliphatic rings. The maximum absolute atomic E-state index is 11.2. The zero-order valence-corrected chi connectivity index (χ0v) is 9.24. The molecule has 80 valence electrons. The lowest BCUT2D eigenvalue weighted by molar-refractivity contribution is -0.115. The molecule has 0 fully saturated rings. The van der Waals surface area contributed by atoms with Crippen molar-refractivity contribution in [2.24, 2.45) is 0 Å². The van der Waals surface area contributed by atoms with Gasteiger partial charge in [0, 0.05) is 10.2 Å². The molecule has 0 radical (unpaired) electrons. The lowest BCUT2D eigenvalue weighted by Gasteiger charge is -2.04. The molecule has 15 heavy (non-hydrogen) atoms. The van der Waals surface area contributed by atoms with Crippen LogP contribution in [0.2, 0.25) is 0 Å². The minimum Gasteiger partial charge on any atom is -0.465 e. The van der Waals surface area contributed by atoms with E-state index in [1.807, 2.05) is 11.4 Å². The first-order valence-electron chi connectivity index (χ1n) is 4.10. The SMILES string of the molecule is O=C(O)NCC(=O)Nc1cccc(Br)c1. The van der Waals surface area contributed by atoms with Gasteiger partial charge >= 0.3 is 6.09 Å². The zero-order valence-electron chi connectivity index (χ0n) is 7.66. The third-order valence-electron chi connectivity index (χ3n) is 1.51. The molecule has 1 aromatic rings. The molecule has 0 heterocycles. The van der Waals surface area contributed by atoms with Crippen LogP contribution >= 0.6 is 15.9 Å². The van der Waals surface area contributed by atoms with Crippen LogP contribution < -0.4 is 10.6 Å². The van der Waals surface area contributed by atoms with E-state index in [9.17, 15) is 9.59 Å². The molecule has 1 rings (SSSR count). The summed E-state index contributed by atoms with van der Waals surface area (Å²) in [4.78, 5) is 21.3. The average molecular weight is 273 g/mol. The van der Waals surface area contributed by atoms with E-state index in [1.54, 1.807) is 18.2 Å².